The molecule has 1 heterocycles. The van der Waals surface area contributed by atoms with E-state index in [0.29, 0.717) is 25.9 Å². The summed E-state index contributed by atoms with van der Waals surface area (Å²) < 4.78 is 0. The third-order valence-corrected chi connectivity index (χ3v) is 3.05. The summed E-state index contributed by atoms with van der Waals surface area (Å²) >= 11 is 0. The third-order valence-electron chi connectivity index (χ3n) is 3.05. The van der Waals surface area contributed by atoms with Crippen molar-refractivity contribution in [2.45, 2.75) is 32.7 Å². The maximum Gasteiger partial charge on any atom is 0.239 e. The van der Waals surface area contributed by atoms with Gasteiger partial charge in [-0.3, -0.25) is 9.59 Å². The Morgan fingerprint density at radius 1 is 1.50 bits per heavy atom. The lowest BCUT2D eigenvalue weighted by atomic mass is 10.3. The first-order valence-electron chi connectivity index (χ1n) is 5.92. The molecule has 1 atom stereocenters. The number of carbonyl (C=O) groups is 2. The van der Waals surface area contributed by atoms with Gasteiger partial charge in [0.05, 0.1) is 6.04 Å². The van der Waals surface area contributed by atoms with Crippen LogP contribution in [-0.2, 0) is 9.59 Å². The first kappa shape index (κ1) is 13.0. The Bertz CT molecular complexity index is 264. The molecule has 2 amide bonds. The Morgan fingerprint density at radius 2 is 2.12 bits per heavy atom. The fourth-order valence-corrected chi connectivity index (χ4v) is 1.95. The average Bonchev–Trinajstić information content (AvgIpc) is 2.59. The fourth-order valence-electron chi connectivity index (χ4n) is 1.95. The van der Waals surface area contributed by atoms with Gasteiger partial charge in [-0.05, 0) is 20.3 Å². The highest BCUT2D eigenvalue weighted by Gasteiger charge is 2.28. The van der Waals surface area contributed by atoms with Gasteiger partial charge in [-0.1, -0.05) is 0 Å². The summed E-state index contributed by atoms with van der Waals surface area (Å²) in [4.78, 5) is 26.7. The highest BCUT2D eigenvalue weighted by Crippen LogP contribution is 2.09. The Hall–Kier alpha value is -1.10. The molecule has 0 spiro atoms. The number of amides is 2. The number of rotatable bonds is 5. The van der Waals surface area contributed by atoms with E-state index in [1.54, 1.807) is 9.80 Å². The standard InChI is InChI=1S/C11H21N3O2/c1-3-13(4-2)10(15)6-8-14-7-5-9(12)11(14)16/h9H,3-8,12H2,1-2H3. The lowest BCUT2D eigenvalue weighted by molar-refractivity contribution is -0.132. The molecule has 1 aliphatic heterocycles. The molecule has 1 unspecified atom stereocenters. The summed E-state index contributed by atoms with van der Waals surface area (Å²) in [5, 5.41) is 0. The molecule has 5 nitrogen and oxygen atoms in total. The predicted molar refractivity (Wildman–Crippen MR) is 61.7 cm³/mol. The number of nitrogens with two attached hydrogens (primary N) is 1. The van der Waals surface area contributed by atoms with Crippen LogP contribution in [0.15, 0.2) is 0 Å². The van der Waals surface area contributed by atoms with Crippen LogP contribution in [0.1, 0.15) is 26.7 Å². The molecule has 0 aromatic rings. The molecule has 0 aromatic heterocycles. The monoisotopic (exact) mass is 227 g/mol. The van der Waals surface area contributed by atoms with Crippen molar-refractivity contribution in [1.29, 1.82) is 0 Å². The van der Waals surface area contributed by atoms with Gasteiger partial charge in [0.1, 0.15) is 0 Å². The molecule has 16 heavy (non-hydrogen) atoms. The lowest BCUT2D eigenvalue weighted by Gasteiger charge is -2.21. The summed E-state index contributed by atoms with van der Waals surface area (Å²) in [7, 11) is 0. The van der Waals surface area contributed by atoms with E-state index in [0.717, 1.165) is 13.1 Å². The Morgan fingerprint density at radius 3 is 2.56 bits per heavy atom. The SMILES string of the molecule is CCN(CC)C(=O)CCN1CCC(N)C1=O. The van der Waals surface area contributed by atoms with Gasteiger partial charge in [0.2, 0.25) is 11.8 Å². The van der Waals surface area contributed by atoms with E-state index in [1.165, 1.54) is 0 Å². The first-order chi connectivity index (χ1) is 7.60. The van der Waals surface area contributed by atoms with Crippen molar-refractivity contribution in [3.05, 3.63) is 0 Å². The fraction of sp³-hybridized carbons (Fsp3) is 0.818. The Labute approximate surface area is 96.6 Å². The van der Waals surface area contributed by atoms with E-state index in [4.69, 9.17) is 5.73 Å². The van der Waals surface area contributed by atoms with Gasteiger partial charge in [-0.2, -0.15) is 0 Å². The minimum Gasteiger partial charge on any atom is -0.343 e. The highest BCUT2D eigenvalue weighted by atomic mass is 16.2. The zero-order valence-electron chi connectivity index (χ0n) is 10.1. The van der Waals surface area contributed by atoms with Crippen molar-refractivity contribution in [3.63, 3.8) is 0 Å². The molecule has 2 N–H and O–H groups in total. The van der Waals surface area contributed by atoms with Gasteiger partial charge >= 0.3 is 0 Å². The van der Waals surface area contributed by atoms with E-state index < -0.39 is 0 Å². The molecule has 1 rings (SSSR count). The molecule has 1 saturated heterocycles. The normalized spacial score (nSPS) is 20.3. The molecule has 0 aliphatic carbocycles. The van der Waals surface area contributed by atoms with E-state index in [-0.39, 0.29) is 17.9 Å². The van der Waals surface area contributed by atoms with Crippen LogP contribution in [0.25, 0.3) is 0 Å². The minimum absolute atomic E-state index is 0.0210. The second kappa shape index (κ2) is 5.84. The van der Waals surface area contributed by atoms with Crippen LogP contribution < -0.4 is 5.73 Å². The average molecular weight is 227 g/mol. The Balaban J connectivity index is 2.35. The van der Waals surface area contributed by atoms with Gasteiger partial charge in [0.15, 0.2) is 0 Å². The smallest absolute Gasteiger partial charge is 0.239 e. The van der Waals surface area contributed by atoms with Crippen LogP contribution >= 0.6 is 0 Å². The van der Waals surface area contributed by atoms with Gasteiger partial charge in [0, 0.05) is 32.6 Å². The number of nitrogens with zero attached hydrogens (tertiary/aromatic N) is 2. The van der Waals surface area contributed by atoms with Crippen LogP contribution in [0, 0.1) is 0 Å². The largest absolute Gasteiger partial charge is 0.343 e. The van der Waals surface area contributed by atoms with E-state index in [1.807, 2.05) is 13.8 Å². The van der Waals surface area contributed by atoms with Gasteiger partial charge in [-0.25, -0.2) is 0 Å². The number of hydrogen-bond acceptors (Lipinski definition) is 3. The molecular weight excluding hydrogens is 206 g/mol. The number of likely N-dealkylation sites (tertiary alicyclic amines) is 1. The van der Waals surface area contributed by atoms with Crippen molar-refractivity contribution >= 4 is 11.8 Å². The molecule has 0 saturated carbocycles. The van der Waals surface area contributed by atoms with Gasteiger partial charge in [-0.15, -0.1) is 0 Å². The predicted octanol–water partition coefficient (Wildman–Crippen LogP) is -0.195. The van der Waals surface area contributed by atoms with Crippen molar-refractivity contribution in [1.82, 2.24) is 9.80 Å². The summed E-state index contributed by atoms with van der Waals surface area (Å²) in [5.74, 6) is 0.0885. The van der Waals surface area contributed by atoms with Crippen LogP contribution in [0.5, 0.6) is 0 Å². The van der Waals surface area contributed by atoms with Crippen molar-refractivity contribution in [2.75, 3.05) is 26.2 Å². The maximum atomic E-state index is 11.7. The molecule has 0 aromatic carbocycles. The van der Waals surface area contributed by atoms with Gasteiger partial charge in [0.25, 0.3) is 0 Å². The summed E-state index contributed by atoms with van der Waals surface area (Å²) in [5.41, 5.74) is 5.60. The molecule has 1 fully saturated rings. The summed E-state index contributed by atoms with van der Waals surface area (Å²) in [6, 6.07) is -0.358. The Kier molecular flexibility index (Phi) is 4.73. The second-order valence-electron chi connectivity index (χ2n) is 4.04. The lowest BCUT2D eigenvalue weighted by Crippen LogP contribution is -2.37. The number of hydrogen-bond donors (Lipinski definition) is 1. The summed E-state index contributed by atoms with van der Waals surface area (Å²) in [6.45, 7) is 6.55. The van der Waals surface area contributed by atoms with Crippen molar-refractivity contribution in [3.8, 4) is 0 Å². The zero-order chi connectivity index (χ0) is 12.1. The quantitative estimate of drug-likeness (QED) is 0.707. The van der Waals surface area contributed by atoms with Gasteiger partial charge < -0.3 is 15.5 Å². The second-order valence-corrected chi connectivity index (χ2v) is 4.04. The van der Waals surface area contributed by atoms with E-state index in [2.05, 4.69) is 0 Å². The third kappa shape index (κ3) is 2.95. The van der Waals surface area contributed by atoms with Crippen molar-refractivity contribution in [2.24, 2.45) is 5.73 Å². The van der Waals surface area contributed by atoms with E-state index >= 15 is 0 Å². The molecule has 1 aliphatic rings. The maximum absolute atomic E-state index is 11.7. The summed E-state index contributed by atoms with van der Waals surface area (Å²) in [6.07, 6.45) is 1.11. The highest BCUT2D eigenvalue weighted by molar-refractivity contribution is 5.84. The van der Waals surface area contributed by atoms with Crippen molar-refractivity contribution < 1.29 is 9.59 Å². The molecule has 0 bridgehead atoms. The van der Waals surface area contributed by atoms with Crippen LogP contribution in [0.3, 0.4) is 0 Å². The molecule has 92 valence electrons. The molecule has 5 heteroatoms. The van der Waals surface area contributed by atoms with Crippen LogP contribution in [0.4, 0.5) is 0 Å². The zero-order valence-corrected chi connectivity index (χ0v) is 10.1. The molecule has 0 radical (unpaired) electrons. The minimum atomic E-state index is -0.358. The number of carbonyl (C=O) groups excluding carboxylic acids is 2. The van der Waals surface area contributed by atoms with E-state index in [9.17, 15) is 9.59 Å². The molecular formula is C11H21N3O2. The van der Waals surface area contributed by atoms with Crippen LogP contribution in [0.2, 0.25) is 0 Å². The first-order valence-corrected chi connectivity index (χ1v) is 5.92. The topological polar surface area (TPSA) is 66.6 Å². The van der Waals surface area contributed by atoms with Crippen LogP contribution in [-0.4, -0.2) is 53.8 Å².